The monoisotopic (exact) mass is 298 g/mol. The summed E-state index contributed by atoms with van der Waals surface area (Å²) in [6, 6.07) is 8.08. The number of benzene rings is 1. The predicted octanol–water partition coefficient (Wildman–Crippen LogP) is 1.40. The van der Waals surface area contributed by atoms with Crippen molar-refractivity contribution in [2.24, 2.45) is 5.92 Å². The van der Waals surface area contributed by atoms with Crippen LogP contribution in [-0.2, 0) is 0 Å². The lowest BCUT2D eigenvalue weighted by atomic mass is 10.0. The van der Waals surface area contributed by atoms with E-state index in [4.69, 9.17) is 10.2 Å². The van der Waals surface area contributed by atoms with Gasteiger partial charge >= 0.3 is 5.91 Å². The number of amides is 1. The number of nitrogen functional groups attached to an aromatic ring is 1. The van der Waals surface area contributed by atoms with Gasteiger partial charge in [-0.2, -0.15) is 0 Å². The number of rotatable bonds is 3. The van der Waals surface area contributed by atoms with Crippen molar-refractivity contribution in [3.8, 4) is 11.3 Å². The molecule has 1 amide bonds. The molecule has 2 bridgehead atoms. The van der Waals surface area contributed by atoms with E-state index in [1.54, 1.807) is 18.3 Å². The maximum atomic E-state index is 12.3. The van der Waals surface area contributed by atoms with E-state index < -0.39 is 0 Å². The minimum atomic E-state index is -0.243. The summed E-state index contributed by atoms with van der Waals surface area (Å²) in [7, 11) is 0. The number of nitrogens with zero attached hydrogens (tertiary/aromatic N) is 1. The minimum absolute atomic E-state index is 0.105. The summed E-state index contributed by atoms with van der Waals surface area (Å²) in [4.78, 5) is 16.4. The van der Waals surface area contributed by atoms with Crippen molar-refractivity contribution < 1.29 is 9.21 Å². The van der Waals surface area contributed by atoms with E-state index in [1.807, 2.05) is 12.1 Å². The van der Waals surface area contributed by atoms with Crippen LogP contribution in [0.4, 0.5) is 5.69 Å². The number of nitrogens with two attached hydrogens (primary N) is 1. The molecule has 1 aromatic heterocycles. The first-order chi connectivity index (χ1) is 10.7. The Morgan fingerprint density at radius 3 is 3.05 bits per heavy atom. The van der Waals surface area contributed by atoms with Crippen molar-refractivity contribution in [3.05, 3.63) is 36.4 Å². The number of fused-ring (bicyclic) bond motifs is 2. The average Bonchev–Trinajstić information content (AvgIpc) is 3.23. The highest BCUT2D eigenvalue weighted by Crippen LogP contribution is 2.31. The molecule has 6 nitrogen and oxygen atoms in total. The number of carbonyl (C=O) groups is 1. The van der Waals surface area contributed by atoms with Gasteiger partial charge in [-0.15, -0.1) is 0 Å². The smallest absolute Gasteiger partial charge is 0.307 e. The summed E-state index contributed by atoms with van der Waals surface area (Å²) < 4.78 is 5.58. The molecule has 1 saturated heterocycles. The molecule has 4 N–H and O–H groups in total. The van der Waals surface area contributed by atoms with Crippen LogP contribution in [0.5, 0.6) is 0 Å². The summed E-state index contributed by atoms with van der Waals surface area (Å²) in [5, 5.41) is 6.47. The summed E-state index contributed by atoms with van der Waals surface area (Å²) in [5.41, 5.74) is 7.22. The lowest BCUT2D eigenvalue weighted by Gasteiger charge is -2.22. The van der Waals surface area contributed by atoms with Crippen molar-refractivity contribution in [2.45, 2.75) is 24.9 Å². The molecule has 6 heteroatoms. The van der Waals surface area contributed by atoms with E-state index in [-0.39, 0.29) is 17.8 Å². The lowest BCUT2D eigenvalue weighted by Crippen LogP contribution is -2.44. The Morgan fingerprint density at radius 2 is 2.32 bits per heavy atom. The van der Waals surface area contributed by atoms with Crippen LogP contribution >= 0.6 is 0 Å². The number of carbonyl (C=O) groups excluding carboxylic acids is 1. The number of nitrogens with one attached hydrogen (secondary N) is 2. The molecule has 2 aliphatic rings. The SMILES string of the molecule is Nc1cccc(-c2cnc(C(=O)NC3CC4CC3CN4)o2)c1. The maximum Gasteiger partial charge on any atom is 0.307 e. The highest BCUT2D eigenvalue weighted by molar-refractivity contribution is 5.90. The molecule has 0 spiro atoms. The van der Waals surface area contributed by atoms with Crippen molar-refractivity contribution in [1.82, 2.24) is 15.6 Å². The van der Waals surface area contributed by atoms with Gasteiger partial charge in [0, 0.05) is 29.9 Å². The molecule has 114 valence electrons. The molecule has 0 radical (unpaired) electrons. The van der Waals surface area contributed by atoms with E-state index >= 15 is 0 Å². The van der Waals surface area contributed by atoms with Gasteiger partial charge in [-0.3, -0.25) is 4.79 Å². The normalized spacial score (nSPS) is 26.3. The highest BCUT2D eigenvalue weighted by Gasteiger charge is 2.40. The second kappa shape index (κ2) is 5.14. The Kier molecular flexibility index (Phi) is 3.11. The Hall–Kier alpha value is -2.34. The van der Waals surface area contributed by atoms with Crippen molar-refractivity contribution >= 4 is 11.6 Å². The molecular formula is C16H18N4O2. The zero-order valence-corrected chi connectivity index (χ0v) is 12.1. The molecule has 1 aliphatic heterocycles. The quantitative estimate of drug-likeness (QED) is 0.745. The third-order valence-electron chi connectivity index (χ3n) is 4.55. The molecule has 2 aromatic rings. The van der Waals surface area contributed by atoms with Gasteiger partial charge in [-0.1, -0.05) is 12.1 Å². The third kappa shape index (κ3) is 2.35. The van der Waals surface area contributed by atoms with Crippen LogP contribution in [0, 0.1) is 5.92 Å². The molecule has 1 saturated carbocycles. The lowest BCUT2D eigenvalue weighted by molar-refractivity contribution is 0.0890. The fourth-order valence-electron chi connectivity index (χ4n) is 3.45. The Bertz CT molecular complexity index is 712. The largest absolute Gasteiger partial charge is 0.432 e. The minimum Gasteiger partial charge on any atom is -0.432 e. The molecule has 1 aliphatic carbocycles. The molecule has 2 fully saturated rings. The standard InChI is InChI=1S/C16H18N4O2/c17-11-3-1-2-9(4-11)14-8-19-16(22-14)15(21)20-13-6-12-5-10(13)7-18-12/h1-4,8,10,12-13,18H,5-7,17H2,(H,20,21). The summed E-state index contributed by atoms with van der Waals surface area (Å²) >= 11 is 0. The summed E-state index contributed by atoms with van der Waals surface area (Å²) in [6.07, 6.45) is 3.69. The first-order valence-electron chi connectivity index (χ1n) is 7.55. The number of hydrogen-bond acceptors (Lipinski definition) is 5. The molecule has 22 heavy (non-hydrogen) atoms. The van der Waals surface area contributed by atoms with Gasteiger partial charge in [0.15, 0.2) is 5.76 Å². The average molecular weight is 298 g/mol. The van der Waals surface area contributed by atoms with E-state index in [9.17, 15) is 4.79 Å². The first-order valence-corrected chi connectivity index (χ1v) is 7.55. The molecule has 3 unspecified atom stereocenters. The van der Waals surface area contributed by atoms with Gasteiger partial charge in [0.05, 0.1) is 6.20 Å². The van der Waals surface area contributed by atoms with Gasteiger partial charge < -0.3 is 20.8 Å². The molecular weight excluding hydrogens is 280 g/mol. The van der Waals surface area contributed by atoms with Crippen molar-refractivity contribution in [3.63, 3.8) is 0 Å². The molecule has 4 rings (SSSR count). The van der Waals surface area contributed by atoms with Crippen LogP contribution < -0.4 is 16.4 Å². The number of anilines is 1. The van der Waals surface area contributed by atoms with E-state index in [0.717, 1.165) is 24.9 Å². The second-order valence-electron chi connectivity index (χ2n) is 6.07. The van der Waals surface area contributed by atoms with Crippen LogP contribution in [0.1, 0.15) is 23.5 Å². The third-order valence-corrected chi connectivity index (χ3v) is 4.55. The van der Waals surface area contributed by atoms with Crippen molar-refractivity contribution in [1.29, 1.82) is 0 Å². The second-order valence-corrected chi connectivity index (χ2v) is 6.07. The Morgan fingerprint density at radius 1 is 1.41 bits per heavy atom. The number of hydrogen-bond donors (Lipinski definition) is 3. The van der Waals surface area contributed by atoms with Crippen LogP contribution in [-0.4, -0.2) is 29.5 Å². The van der Waals surface area contributed by atoms with Crippen LogP contribution in [0.3, 0.4) is 0 Å². The topological polar surface area (TPSA) is 93.2 Å². The summed E-state index contributed by atoms with van der Waals surface area (Å²) in [6.45, 7) is 0.982. The van der Waals surface area contributed by atoms with E-state index in [2.05, 4.69) is 15.6 Å². The Balaban J connectivity index is 1.48. The number of aromatic nitrogens is 1. The van der Waals surface area contributed by atoms with Gasteiger partial charge in [-0.05, 0) is 30.9 Å². The van der Waals surface area contributed by atoms with Crippen LogP contribution in [0.2, 0.25) is 0 Å². The van der Waals surface area contributed by atoms with Crippen LogP contribution in [0.25, 0.3) is 11.3 Å². The zero-order valence-electron chi connectivity index (χ0n) is 12.1. The van der Waals surface area contributed by atoms with E-state index in [1.165, 1.54) is 0 Å². The Labute approximate surface area is 128 Å². The fraction of sp³-hybridized carbons (Fsp3) is 0.375. The fourth-order valence-corrected chi connectivity index (χ4v) is 3.45. The molecule has 2 heterocycles. The first kappa shape index (κ1) is 13.3. The number of piperidine rings is 1. The van der Waals surface area contributed by atoms with Gasteiger partial charge in [0.25, 0.3) is 5.89 Å². The van der Waals surface area contributed by atoms with Gasteiger partial charge in [-0.25, -0.2) is 4.98 Å². The van der Waals surface area contributed by atoms with Crippen molar-refractivity contribution in [2.75, 3.05) is 12.3 Å². The summed E-state index contributed by atoms with van der Waals surface area (Å²) in [5.74, 6) is 0.935. The van der Waals surface area contributed by atoms with E-state index in [0.29, 0.717) is 23.4 Å². The predicted molar refractivity (Wildman–Crippen MR) is 82.1 cm³/mol. The van der Waals surface area contributed by atoms with Crippen LogP contribution in [0.15, 0.2) is 34.9 Å². The zero-order chi connectivity index (χ0) is 15.1. The van der Waals surface area contributed by atoms with Gasteiger partial charge in [0.1, 0.15) is 0 Å². The van der Waals surface area contributed by atoms with Gasteiger partial charge in [0.2, 0.25) is 0 Å². The maximum absolute atomic E-state index is 12.3. The number of oxazole rings is 1. The molecule has 3 atom stereocenters. The molecule has 1 aromatic carbocycles. The highest BCUT2D eigenvalue weighted by atomic mass is 16.4.